The summed E-state index contributed by atoms with van der Waals surface area (Å²) in [5.41, 5.74) is 5.22. The summed E-state index contributed by atoms with van der Waals surface area (Å²) in [7, 11) is 1.82. The van der Waals surface area contributed by atoms with E-state index in [1.807, 2.05) is 14.0 Å². The van der Waals surface area contributed by atoms with Gasteiger partial charge in [-0.05, 0) is 14.0 Å². The zero-order valence-electron chi connectivity index (χ0n) is 4.56. The van der Waals surface area contributed by atoms with E-state index in [1.165, 1.54) is 0 Å². The smallest absolute Gasteiger partial charge is 0.0896 e. The minimum atomic E-state index is 0.162. The molecule has 0 saturated heterocycles. The lowest BCUT2D eigenvalue weighted by Crippen LogP contribution is -2.34. The first-order chi connectivity index (χ1) is 3.18. The maximum absolute atomic E-state index is 5.22. The van der Waals surface area contributed by atoms with Crippen LogP contribution in [0.15, 0.2) is 0 Å². The van der Waals surface area contributed by atoms with E-state index in [1.54, 1.807) is 0 Å². The molecule has 0 aliphatic carbocycles. The molecule has 0 aromatic heterocycles. The molecule has 2 nitrogen and oxygen atoms in total. The van der Waals surface area contributed by atoms with Gasteiger partial charge in [-0.25, -0.2) is 0 Å². The van der Waals surface area contributed by atoms with E-state index in [0.717, 1.165) is 0 Å². The standard InChI is InChI=1S/C4H10N2S/c1-3(6-2)4(5)7/h3,6H,1-2H3,(H2,5,7). The van der Waals surface area contributed by atoms with Crippen molar-refractivity contribution in [1.82, 2.24) is 5.32 Å². The maximum atomic E-state index is 5.22. The zero-order chi connectivity index (χ0) is 5.86. The molecule has 0 aliphatic heterocycles. The van der Waals surface area contributed by atoms with Crippen LogP contribution in [0, 0.1) is 0 Å². The summed E-state index contributed by atoms with van der Waals surface area (Å²) < 4.78 is 0. The highest BCUT2D eigenvalue weighted by molar-refractivity contribution is 7.80. The number of nitrogens with two attached hydrogens (primary N) is 1. The summed E-state index contributed by atoms with van der Waals surface area (Å²) in [4.78, 5) is 0.516. The number of thiocarbonyl (C=S) groups is 1. The molecule has 0 fully saturated rings. The summed E-state index contributed by atoms with van der Waals surface area (Å²) >= 11 is 4.63. The lowest BCUT2D eigenvalue weighted by atomic mass is 10.4. The monoisotopic (exact) mass is 118 g/mol. The summed E-state index contributed by atoms with van der Waals surface area (Å²) in [6.07, 6.45) is 0. The fourth-order valence-corrected chi connectivity index (χ4v) is 0.260. The molecule has 0 bridgehead atoms. The second kappa shape index (κ2) is 2.93. The molecule has 0 spiro atoms. The number of hydrogen-bond donors (Lipinski definition) is 2. The number of rotatable bonds is 2. The second-order valence-electron chi connectivity index (χ2n) is 1.41. The molecule has 1 atom stereocenters. The van der Waals surface area contributed by atoms with Crippen LogP contribution in [-0.2, 0) is 0 Å². The van der Waals surface area contributed by atoms with E-state index in [2.05, 4.69) is 17.5 Å². The third-order valence-corrected chi connectivity index (χ3v) is 1.21. The van der Waals surface area contributed by atoms with Crippen LogP contribution in [0.2, 0.25) is 0 Å². The Morgan fingerprint density at radius 2 is 2.29 bits per heavy atom. The van der Waals surface area contributed by atoms with Crippen molar-refractivity contribution < 1.29 is 0 Å². The van der Waals surface area contributed by atoms with E-state index >= 15 is 0 Å². The lowest BCUT2D eigenvalue weighted by Gasteiger charge is -2.04. The summed E-state index contributed by atoms with van der Waals surface area (Å²) in [6, 6.07) is 0.162. The van der Waals surface area contributed by atoms with E-state index in [0.29, 0.717) is 4.99 Å². The van der Waals surface area contributed by atoms with Gasteiger partial charge in [0.15, 0.2) is 0 Å². The van der Waals surface area contributed by atoms with Gasteiger partial charge in [-0.2, -0.15) is 0 Å². The van der Waals surface area contributed by atoms with Crippen molar-refractivity contribution in [2.45, 2.75) is 13.0 Å². The van der Waals surface area contributed by atoms with Crippen molar-refractivity contribution >= 4 is 17.2 Å². The van der Waals surface area contributed by atoms with E-state index in [-0.39, 0.29) is 6.04 Å². The molecule has 0 saturated carbocycles. The zero-order valence-corrected chi connectivity index (χ0v) is 5.38. The topological polar surface area (TPSA) is 38.0 Å². The first-order valence-corrected chi connectivity index (χ1v) is 2.56. The van der Waals surface area contributed by atoms with Gasteiger partial charge in [0.1, 0.15) is 0 Å². The molecule has 0 amide bonds. The Hall–Kier alpha value is -0.150. The average molecular weight is 118 g/mol. The van der Waals surface area contributed by atoms with Crippen LogP contribution in [0.4, 0.5) is 0 Å². The van der Waals surface area contributed by atoms with Gasteiger partial charge in [0.25, 0.3) is 0 Å². The predicted molar refractivity (Wildman–Crippen MR) is 35.3 cm³/mol. The largest absolute Gasteiger partial charge is 0.392 e. The molecule has 0 aliphatic rings. The summed E-state index contributed by atoms with van der Waals surface area (Å²) in [5.74, 6) is 0. The minimum Gasteiger partial charge on any atom is -0.392 e. The molecule has 3 heteroatoms. The predicted octanol–water partition coefficient (Wildman–Crippen LogP) is -0.120. The van der Waals surface area contributed by atoms with Crippen LogP contribution in [0.3, 0.4) is 0 Å². The molecule has 0 rings (SSSR count). The third kappa shape index (κ3) is 2.53. The molecule has 0 aromatic carbocycles. The molecule has 0 radical (unpaired) electrons. The maximum Gasteiger partial charge on any atom is 0.0896 e. The highest BCUT2D eigenvalue weighted by Gasteiger charge is 1.96. The van der Waals surface area contributed by atoms with E-state index in [4.69, 9.17) is 5.73 Å². The van der Waals surface area contributed by atoms with Crippen LogP contribution in [0.1, 0.15) is 6.92 Å². The highest BCUT2D eigenvalue weighted by atomic mass is 32.1. The normalized spacial score (nSPS) is 13.4. The van der Waals surface area contributed by atoms with E-state index in [9.17, 15) is 0 Å². The minimum absolute atomic E-state index is 0.162. The van der Waals surface area contributed by atoms with Crippen molar-refractivity contribution in [3.63, 3.8) is 0 Å². The van der Waals surface area contributed by atoms with Crippen LogP contribution >= 0.6 is 12.2 Å². The van der Waals surface area contributed by atoms with Crippen LogP contribution in [-0.4, -0.2) is 18.1 Å². The molecule has 1 unspecified atom stereocenters. The lowest BCUT2D eigenvalue weighted by molar-refractivity contribution is 0.766. The number of likely N-dealkylation sites (N-methyl/N-ethyl adjacent to an activating group) is 1. The van der Waals surface area contributed by atoms with E-state index < -0.39 is 0 Å². The Morgan fingerprint density at radius 3 is 2.29 bits per heavy atom. The Labute approximate surface area is 49.1 Å². The van der Waals surface area contributed by atoms with Crippen molar-refractivity contribution in [2.75, 3.05) is 7.05 Å². The quantitative estimate of drug-likeness (QED) is 0.496. The first kappa shape index (κ1) is 6.85. The van der Waals surface area contributed by atoms with Crippen LogP contribution in [0.25, 0.3) is 0 Å². The molecule has 42 valence electrons. The molecular weight excluding hydrogens is 108 g/mol. The van der Waals surface area contributed by atoms with Gasteiger partial charge < -0.3 is 11.1 Å². The van der Waals surface area contributed by atoms with Crippen molar-refractivity contribution in [3.05, 3.63) is 0 Å². The second-order valence-corrected chi connectivity index (χ2v) is 1.88. The molecule has 0 heterocycles. The van der Waals surface area contributed by atoms with Crippen molar-refractivity contribution in [2.24, 2.45) is 5.73 Å². The van der Waals surface area contributed by atoms with Gasteiger partial charge in [-0.1, -0.05) is 12.2 Å². The Balaban J connectivity index is 3.34. The fourth-order valence-electron chi connectivity index (χ4n) is 0.142. The molecule has 7 heavy (non-hydrogen) atoms. The molecule has 0 aromatic rings. The highest BCUT2D eigenvalue weighted by Crippen LogP contribution is 1.75. The third-order valence-electron chi connectivity index (χ3n) is 0.860. The van der Waals surface area contributed by atoms with Gasteiger partial charge in [0.2, 0.25) is 0 Å². The first-order valence-electron chi connectivity index (χ1n) is 2.15. The Kier molecular flexibility index (Phi) is 2.87. The van der Waals surface area contributed by atoms with Gasteiger partial charge in [-0.3, -0.25) is 0 Å². The van der Waals surface area contributed by atoms with Crippen molar-refractivity contribution in [3.8, 4) is 0 Å². The SMILES string of the molecule is CNC(C)C(N)=S. The number of nitrogens with one attached hydrogen (secondary N) is 1. The van der Waals surface area contributed by atoms with Gasteiger partial charge in [-0.15, -0.1) is 0 Å². The Morgan fingerprint density at radius 1 is 1.86 bits per heavy atom. The van der Waals surface area contributed by atoms with Gasteiger partial charge in [0.05, 0.1) is 11.0 Å². The Bertz CT molecular complexity index is 72.1. The van der Waals surface area contributed by atoms with Crippen LogP contribution in [0.5, 0.6) is 0 Å². The summed E-state index contributed by atoms with van der Waals surface area (Å²) in [6.45, 7) is 1.92. The summed E-state index contributed by atoms with van der Waals surface area (Å²) in [5, 5.41) is 2.90. The van der Waals surface area contributed by atoms with Crippen LogP contribution < -0.4 is 11.1 Å². The average Bonchev–Trinajstić information content (AvgIpc) is 1.65. The molecule has 3 N–H and O–H groups in total. The number of hydrogen-bond acceptors (Lipinski definition) is 2. The van der Waals surface area contributed by atoms with Crippen molar-refractivity contribution in [1.29, 1.82) is 0 Å². The van der Waals surface area contributed by atoms with Gasteiger partial charge in [0, 0.05) is 0 Å². The fraction of sp³-hybridized carbons (Fsp3) is 0.750. The van der Waals surface area contributed by atoms with Gasteiger partial charge >= 0.3 is 0 Å². The molecular formula is C4H10N2S.